The van der Waals surface area contributed by atoms with Gasteiger partial charge in [0.2, 0.25) is 0 Å². The van der Waals surface area contributed by atoms with Crippen LogP contribution < -0.4 is 0 Å². The Balaban J connectivity index is 3.44. The maximum atomic E-state index is 14.9. The molecule has 0 unspecified atom stereocenters. The maximum Gasteiger partial charge on any atom is 0.396 e. The van der Waals surface area contributed by atoms with E-state index in [1.165, 1.54) is 0 Å². The molecule has 0 radical (unpaired) electrons. The molecular formula is C16H10F8O12S4. The number of alkyl halides is 8. The Morgan fingerprint density at radius 3 is 0.850 bits per heavy atom. The third-order valence-corrected chi connectivity index (χ3v) is 8.36. The zero-order valence-electron chi connectivity index (χ0n) is 18.2. The highest BCUT2D eigenvalue weighted by atomic mass is 32.2. The smallest absolute Gasteiger partial charge is 0.281 e. The number of hydrogen-bond donors (Lipinski definition) is 4. The van der Waals surface area contributed by atoms with Crippen molar-refractivity contribution in [2.75, 3.05) is 0 Å². The minimum atomic E-state index is -7.03. The van der Waals surface area contributed by atoms with Crippen LogP contribution in [-0.4, -0.2) is 51.9 Å². The molecule has 24 heteroatoms. The maximum absolute atomic E-state index is 14.9. The van der Waals surface area contributed by atoms with E-state index in [0.29, 0.717) is 0 Å². The summed E-state index contributed by atoms with van der Waals surface area (Å²) in [6, 6.07) is -0.822. The molecule has 0 spiro atoms. The third-order valence-electron chi connectivity index (χ3n) is 4.92. The summed E-state index contributed by atoms with van der Waals surface area (Å²) in [4.78, 5) is 0. The highest BCUT2D eigenvalue weighted by Crippen LogP contribution is 2.52. The van der Waals surface area contributed by atoms with Crippen molar-refractivity contribution in [2.24, 2.45) is 0 Å². The highest BCUT2D eigenvalue weighted by Gasteiger charge is 2.59. The topological polar surface area (TPSA) is 217 Å². The van der Waals surface area contributed by atoms with E-state index in [2.05, 4.69) is 0 Å². The molecule has 0 saturated carbocycles. The van der Waals surface area contributed by atoms with Gasteiger partial charge in [0.05, 0.1) is 22.3 Å². The van der Waals surface area contributed by atoms with Gasteiger partial charge in [-0.1, -0.05) is 36.4 Å². The molecule has 0 amide bonds. The zero-order chi connectivity index (χ0) is 31.7. The lowest BCUT2D eigenvalue weighted by molar-refractivity contribution is 0.0522. The van der Waals surface area contributed by atoms with Crippen molar-refractivity contribution in [1.29, 1.82) is 0 Å². The average Bonchev–Trinajstić information content (AvgIpc) is 2.74. The largest absolute Gasteiger partial charge is 0.396 e. The van der Waals surface area contributed by atoms with Crippen molar-refractivity contribution in [3.05, 3.63) is 58.7 Å². The van der Waals surface area contributed by atoms with Gasteiger partial charge in [-0.25, -0.2) is 0 Å². The summed E-state index contributed by atoms with van der Waals surface area (Å²) < 4.78 is 244. The van der Waals surface area contributed by atoms with Gasteiger partial charge in [0.25, 0.3) is 0 Å². The summed E-state index contributed by atoms with van der Waals surface area (Å²) in [6.45, 7) is 0. The van der Waals surface area contributed by atoms with Gasteiger partial charge in [0.1, 0.15) is 0 Å². The summed E-state index contributed by atoms with van der Waals surface area (Å²) in [5, 5.41) is -24.3. The van der Waals surface area contributed by atoms with Crippen molar-refractivity contribution in [3.8, 4) is 11.1 Å². The van der Waals surface area contributed by atoms with Crippen LogP contribution in [-0.2, 0) is 61.5 Å². The Bertz CT molecular complexity index is 1670. The van der Waals surface area contributed by atoms with Crippen LogP contribution in [0.15, 0.2) is 36.4 Å². The first-order valence-electron chi connectivity index (χ1n) is 9.13. The minimum Gasteiger partial charge on any atom is -0.281 e. The fourth-order valence-electron chi connectivity index (χ4n) is 3.20. The molecule has 2 aromatic rings. The zero-order valence-corrected chi connectivity index (χ0v) is 21.4. The first kappa shape index (κ1) is 33.7. The van der Waals surface area contributed by atoms with Gasteiger partial charge >= 0.3 is 61.5 Å². The summed E-state index contributed by atoms with van der Waals surface area (Å²) in [5.74, 6) is 0. The standard InChI is InChI=1S/C16H10F8O12S4/c17-13(18,37(25,26)27)9-5-1-3-7(11(9)15(21,22)39(31,32)33)8-4-2-6-10(14(19,20)38(28,29)30)12(8)16(23,24)40(34,35)36/h1-6H,(H,25,26,27)(H,28,29,30)(H,31,32,33)(H,34,35,36). The monoisotopic (exact) mass is 674 g/mol. The number of rotatable bonds is 9. The molecule has 0 aliphatic rings. The predicted molar refractivity (Wildman–Crippen MR) is 114 cm³/mol. The van der Waals surface area contributed by atoms with E-state index in [1.807, 2.05) is 0 Å². The average molecular weight is 674 g/mol. The minimum absolute atomic E-state index is 0.0519. The first-order chi connectivity index (χ1) is 17.5. The Labute approximate surface area is 218 Å². The molecule has 4 N–H and O–H groups in total. The fourth-order valence-corrected chi connectivity index (χ4v) is 5.05. The van der Waals surface area contributed by atoms with Gasteiger partial charge in [-0.15, -0.1) is 0 Å². The molecule has 0 aliphatic carbocycles. The molecule has 226 valence electrons. The molecule has 0 aliphatic heterocycles. The SMILES string of the molecule is O=S(=O)(O)C(F)(F)c1cccc(-c2cccc(C(F)(F)S(=O)(=O)O)c2C(F)(F)S(=O)(=O)O)c1C(F)(F)S(=O)(=O)O. The molecule has 0 heterocycles. The van der Waals surface area contributed by atoms with Gasteiger partial charge in [-0.05, 0) is 11.1 Å². The van der Waals surface area contributed by atoms with Crippen LogP contribution in [0.2, 0.25) is 0 Å². The van der Waals surface area contributed by atoms with Crippen LogP contribution in [0.4, 0.5) is 35.1 Å². The van der Waals surface area contributed by atoms with Crippen molar-refractivity contribution < 1.29 is 87.0 Å². The lowest BCUT2D eigenvalue weighted by Gasteiger charge is -2.28. The second-order valence-corrected chi connectivity index (χ2v) is 13.3. The van der Waals surface area contributed by atoms with Crippen LogP contribution >= 0.6 is 0 Å². The molecule has 0 aromatic heterocycles. The van der Waals surface area contributed by atoms with E-state index in [4.69, 9.17) is 18.2 Å². The molecule has 40 heavy (non-hydrogen) atoms. The Morgan fingerprint density at radius 1 is 0.425 bits per heavy atom. The number of hydrogen-bond acceptors (Lipinski definition) is 8. The fraction of sp³-hybridized carbons (Fsp3) is 0.250. The molecule has 2 aromatic carbocycles. The quantitative estimate of drug-likeness (QED) is 0.223. The van der Waals surface area contributed by atoms with Crippen LogP contribution in [0, 0.1) is 0 Å². The first-order valence-corrected chi connectivity index (χ1v) is 14.9. The van der Waals surface area contributed by atoms with Gasteiger partial charge in [0.15, 0.2) is 0 Å². The molecular weight excluding hydrogens is 664 g/mol. The van der Waals surface area contributed by atoms with E-state index < -0.39 is 94.9 Å². The van der Waals surface area contributed by atoms with Crippen LogP contribution in [0.5, 0.6) is 0 Å². The van der Waals surface area contributed by atoms with Gasteiger partial charge in [0, 0.05) is 0 Å². The second kappa shape index (κ2) is 9.53. The lowest BCUT2D eigenvalue weighted by atomic mass is 9.90. The summed E-state index contributed by atoms with van der Waals surface area (Å²) in [5.41, 5.74) is -16.0. The predicted octanol–water partition coefficient (Wildman–Crippen LogP) is 3.10. The van der Waals surface area contributed by atoms with E-state index in [1.54, 1.807) is 0 Å². The van der Waals surface area contributed by atoms with Crippen molar-refractivity contribution in [2.45, 2.75) is 21.0 Å². The van der Waals surface area contributed by atoms with Crippen LogP contribution in [0.25, 0.3) is 11.1 Å². The molecule has 0 atom stereocenters. The summed E-state index contributed by atoms with van der Waals surface area (Å²) in [7, 11) is -27.8. The van der Waals surface area contributed by atoms with Crippen LogP contribution in [0.3, 0.4) is 0 Å². The van der Waals surface area contributed by atoms with Gasteiger partial charge < -0.3 is 0 Å². The Hall–Kier alpha value is -2.48. The molecule has 12 nitrogen and oxygen atoms in total. The Kier molecular flexibility index (Phi) is 8.04. The molecule has 0 saturated heterocycles. The molecule has 2 rings (SSSR count). The van der Waals surface area contributed by atoms with Crippen molar-refractivity contribution >= 4 is 40.5 Å². The number of halogens is 8. The van der Waals surface area contributed by atoms with Crippen molar-refractivity contribution in [3.63, 3.8) is 0 Å². The van der Waals surface area contributed by atoms with E-state index in [9.17, 15) is 68.8 Å². The second-order valence-electron chi connectivity index (χ2n) is 7.42. The van der Waals surface area contributed by atoms with Crippen LogP contribution in [0.1, 0.15) is 22.3 Å². The highest BCUT2D eigenvalue weighted by molar-refractivity contribution is 7.87. The summed E-state index contributed by atoms with van der Waals surface area (Å²) in [6.07, 6.45) is 0. The third kappa shape index (κ3) is 5.28. The van der Waals surface area contributed by atoms with Gasteiger partial charge in [-0.3, -0.25) is 18.2 Å². The normalized spacial score (nSPS) is 14.8. The summed E-state index contributed by atoms with van der Waals surface area (Å²) >= 11 is 0. The lowest BCUT2D eigenvalue weighted by Crippen LogP contribution is -2.35. The molecule has 0 bridgehead atoms. The van der Waals surface area contributed by atoms with E-state index in [-0.39, 0.29) is 36.4 Å². The van der Waals surface area contributed by atoms with Gasteiger partial charge in [-0.2, -0.15) is 68.8 Å². The Morgan fingerprint density at radius 2 is 0.650 bits per heavy atom. The van der Waals surface area contributed by atoms with E-state index >= 15 is 0 Å². The van der Waals surface area contributed by atoms with Crippen molar-refractivity contribution in [1.82, 2.24) is 0 Å². The number of benzene rings is 2. The molecule has 0 fully saturated rings. The van der Waals surface area contributed by atoms with E-state index in [0.717, 1.165) is 0 Å².